The largest absolute Gasteiger partial charge is 0.380 e. The summed E-state index contributed by atoms with van der Waals surface area (Å²) in [5.74, 6) is 0. The molecule has 4 nitrogen and oxygen atoms in total. The predicted molar refractivity (Wildman–Crippen MR) is 71.6 cm³/mol. The number of hydrogen-bond donors (Lipinski definition) is 2. The summed E-state index contributed by atoms with van der Waals surface area (Å²) in [6.45, 7) is 4.60. The number of benzene rings is 1. The van der Waals surface area contributed by atoms with Gasteiger partial charge in [0.05, 0.1) is 28.0 Å². The number of aryl methyl sites for hydroxylation is 2. The molecule has 0 saturated carbocycles. The summed E-state index contributed by atoms with van der Waals surface area (Å²) in [6.07, 6.45) is 0. The average Bonchev–Trinajstić information content (AvgIpc) is 2.68. The Kier molecular flexibility index (Phi) is 3.54. The summed E-state index contributed by atoms with van der Waals surface area (Å²) in [5, 5.41) is 19.6. The van der Waals surface area contributed by atoms with E-state index in [0.717, 1.165) is 22.6 Å². The van der Waals surface area contributed by atoms with E-state index in [1.807, 2.05) is 19.9 Å². The van der Waals surface area contributed by atoms with Crippen LogP contribution in [0.4, 0.5) is 5.69 Å². The third kappa shape index (κ3) is 2.47. The van der Waals surface area contributed by atoms with Crippen molar-refractivity contribution in [3.63, 3.8) is 0 Å². The second-order valence-corrected chi connectivity index (χ2v) is 4.48. The second kappa shape index (κ2) is 5.11. The van der Waals surface area contributed by atoms with Gasteiger partial charge in [0, 0.05) is 17.8 Å². The molecule has 0 unspecified atom stereocenters. The maximum Gasteiger partial charge on any atom is 0.0992 e. The lowest BCUT2D eigenvalue weighted by molar-refractivity contribution is 1.02. The Morgan fingerprint density at radius 1 is 1.44 bits per heavy atom. The lowest BCUT2D eigenvalue weighted by Gasteiger charge is -2.08. The Bertz CT molecular complexity index is 590. The number of anilines is 1. The number of rotatable bonds is 3. The van der Waals surface area contributed by atoms with E-state index in [1.54, 1.807) is 12.1 Å². The quantitative estimate of drug-likeness (QED) is 0.891. The van der Waals surface area contributed by atoms with Crippen molar-refractivity contribution in [3.8, 4) is 6.07 Å². The molecule has 18 heavy (non-hydrogen) atoms. The van der Waals surface area contributed by atoms with Crippen LogP contribution in [0.2, 0.25) is 5.02 Å². The van der Waals surface area contributed by atoms with E-state index in [-0.39, 0.29) is 0 Å². The van der Waals surface area contributed by atoms with Gasteiger partial charge >= 0.3 is 0 Å². The minimum Gasteiger partial charge on any atom is -0.380 e. The number of H-pyrrole nitrogens is 1. The molecule has 0 bridgehead atoms. The fourth-order valence-corrected chi connectivity index (χ4v) is 1.99. The highest BCUT2D eigenvalue weighted by atomic mass is 35.5. The highest BCUT2D eigenvalue weighted by molar-refractivity contribution is 6.33. The summed E-state index contributed by atoms with van der Waals surface area (Å²) < 4.78 is 0. The van der Waals surface area contributed by atoms with Gasteiger partial charge in [-0.25, -0.2) is 0 Å². The summed E-state index contributed by atoms with van der Waals surface area (Å²) in [5.41, 5.74) is 4.53. The summed E-state index contributed by atoms with van der Waals surface area (Å²) in [4.78, 5) is 0. The molecule has 1 aromatic heterocycles. The molecule has 2 aromatic rings. The van der Waals surface area contributed by atoms with Crippen molar-refractivity contribution in [3.05, 3.63) is 45.7 Å². The third-order valence-electron chi connectivity index (χ3n) is 2.83. The Labute approximate surface area is 111 Å². The Morgan fingerprint density at radius 3 is 2.78 bits per heavy atom. The van der Waals surface area contributed by atoms with E-state index in [4.69, 9.17) is 16.9 Å². The number of aromatic nitrogens is 2. The van der Waals surface area contributed by atoms with Crippen molar-refractivity contribution in [2.75, 3.05) is 5.32 Å². The van der Waals surface area contributed by atoms with Crippen molar-refractivity contribution >= 4 is 17.3 Å². The molecule has 0 aliphatic rings. The van der Waals surface area contributed by atoms with Crippen LogP contribution in [0, 0.1) is 25.2 Å². The van der Waals surface area contributed by atoms with Gasteiger partial charge < -0.3 is 5.32 Å². The Balaban J connectivity index is 2.14. The summed E-state index contributed by atoms with van der Waals surface area (Å²) in [6, 6.07) is 7.26. The van der Waals surface area contributed by atoms with Crippen molar-refractivity contribution in [1.29, 1.82) is 5.26 Å². The molecular formula is C13H13ClN4. The number of hydrogen-bond acceptors (Lipinski definition) is 3. The molecule has 0 aliphatic heterocycles. The van der Waals surface area contributed by atoms with Gasteiger partial charge in [-0.15, -0.1) is 0 Å². The van der Waals surface area contributed by atoms with Crippen LogP contribution in [0.15, 0.2) is 18.2 Å². The van der Waals surface area contributed by atoms with Crippen molar-refractivity contribution in [1.82, 2.24) is 10.2 Å². The van der Waals surface area contributed by atoms with E-state index in [1.165, 1.54) is 0 Å². The normalized spacial score (nSPS) is 10.1. The zero-order chi connectivity index (χ0) is 13.1. The van der Waals surface area contributed by atoms with Crippen LogP contribution in [0.1, 0.15) is 22.5 Å². The Morgan fingerprint density at radius 2 is 2.22 bits per heavy atom. The minimum atomic E-state index is 0.549. The van der Waals surface area contributed by atoms with Gasteiger partial charge in [0.15, 0.2) is 0 Å². The van der Waals surface area contributed by atoms with Gasteiger partial charge in [0.1, 0.15) is 0 Å². The molecule has 5 heteroatoms. The molecule has 0 fully saturated rings. The molecule has 1 aromatic carbocycles. The first-order valence-electron chi connectivity index (χ1n) is 5.55. The van der Waals surface area contributed by atoms with Crippen LogP contribution in [-0.4, -0.2) is 10.2 Å². The first-order chi connectivity index (χ1) is 8.61. The van der Waals surface area contributed by atoms with E-state index in [0.29, 0.717) is 17.1 Å². The molecule has 0 atom stereocenters. The lowest BCUT2D eigenvalue weighted by atomic mass is 10.2. The number of halogens is 1. The fourth-order valence-electron chi connectivity index (χ4n) is 1.75. The van der Waals surface area contributed by atoms with E-state index >= 15 is 0 Å². The maximum atomic E-state index is 8.76. The summed E-state index contributed by atoms with van der Waals surface area (Å²) >= 11 is 6.09. The Hall–Kier alpha value is -1.99. The van der Waals surface area contributed by atoms with Crippen LogP contribution in [0.5, 0.6) is 0 Å². The van der Waals surface area contributed by atoms with Gasteiger partial charge in [-0.1, -0.05) is 11.6 Å². The topological polar surface area (TPSA) is 64.5 Å². The van der Waals surface area contributed by atoms with Crippen LogP contribution >= 0.6 is 11.6 Å². The van der Waals surface area contributed by atoms with E-state index in [9.17, 15) is 0 Å². The predicted octanol–water partition coefficient (Wildman–Crippen LogP) is 3.16. The van der Waals surface area contributed by atoms with Crippen LogP contribution in [0.3, 0.4) is 0 Å². The number of nitrogens with one attached hydrogen (secondary N) is 2. The maximum absolute atomic E-state index is 8.76. The molecular weight excluding hydrogens is 248 g/mol. The molecule has 0 radical (unpaired) electrons. The molecule has 2 N–H and O–H groups in total. The van der Waals surface area contributed by atoms with Gasteiger partial charge in [-0.3, -0.25) is 5.10 Å². The van der Waals surface area contributed by atoms with Gasteiger partial charge in [-0.2, -0.15) is 10.4 Å². The first-order valence-corrected chi connectivity index (χ1v) is 5.93. The fraction of sp³-hybridized carbons (Fsp3) is 0.231. The molecule has 0 aliphatic carbocycles. The zero-order valence-corrected chi connectivity index (χ0v) is 11.0. The van der Waals surface area contributed by atoms with Crippen LogP contribution < -0.4 is 5.32 Å². The minimum absolute atomic E-state index is 0.549. The smallest absolute Gasteiger partial charge is 0.0992 e. The van der Waals surface area contributed by atoms with Gasteiger partial charge in [-0.05, 0) is 32.0 Å². The molecule has 0 spiro atoms. The average molecular weight is 261 g/mol. The molecule has 0 amide bonds. The summed E-state index contributed by atoms with van der Waals surface area (Å²) in [7, 11) is 0. The van der Waals surface area contributed by atoms with Crippen molar-refractivity contribution in [2.24, 2.45) is 0 Å². The standard InChI is InChI=1S/C13H13ClN4/c1-8-11(9(2)18-17-8)7-16-13-4-3-10(6-15)5-12(13)14/h3-5,16H,7H2,1-2H3,(H,17,18). The zero-order valence-electron chi connectivity index (χ0n) is 10.2. The molecule has 1 heterocycles. The SMILES string of the molecule is Cc1n[nH]c(C)c1CNc1ccc(C#N)cc1Cl. The number of nitrogens with zero attached hydrogens (tertiary/aromatic N) is 2. The monoisotopic (exact) mass is 260 g/mol. The highest BCUT2D eigenvalue weighted by Crippen LogP contribution is 2.24. The van der Waals surface area contributed by atoms with E-state index < -0.39 is 0 Å². The third-order valence-corrected chi connectivity index (χ3v) is 3.15. The van der Waals surface area contributed by atoms with E-state index in [2.05, 4.69) is 21.6 Å². The second-order valence-electron chi connectivity index (χ2n) is 4.07. The molecule has 2 rings (SSSR count). The van der Waals surface area contributed by atoms with Crippen molar-refractivity contribution in [2.45, 2.75) is 20.4 Å². The number of aromatic amines is 1. The van der Waals surface area contributed by atoms with Gasteiger partial charge in [0.25, 0.3) is 0 Å². The van der Waals surface area contributed by atoms with Gasteiger partial charge in [0.2, 0.25) is 0 Å². The number of nitriles is 1. The van der Waals surface area contributed by atoms with Crippen molar-refractivity contribution < 1.29 is 0 Å². The molecule has 0 saturated heterocycles. The molecule has 92 valence electrons. The van der Waals surface area contributed by atoms with Crippen LogP contribution in [-0.2, 0) is 6.54 Å². The lowest BCUT2D eigenvalue weighted by Crippen LogP contribution is -2.02. The highest BCUT2D eigenvalue weighted by Gasteiger charge is 2.07. The first kappa shape index (κ1) is 12.5. The van der Waals surface area contributed by atoms with Crippen LogP contribution in [0.25, 0.3) is 0 Å².